The summed E-state index contributed by atoms with van der Waals surface area (Å²) >= 11 is 0. The van der Waals surface area contributed by atoms with Crippen molar-refractivity contribution in [1.82, 2.24) is 0 Å². The fourth-order valence-corrected chi connectivity index (χ4v) is 2.61. The topological polar surface area (TPSA) is 88.8 Å². The minimum Gasteiger partial charge on any atom is -0.490 e. The molecule has 6 heteroatoms. The molecule has 1 fully saturated rings. The van der Waals surface area contributed by atoms with Crippen LogP contribution in [0.1, 0.15) is 46.6 Å². The number of rotatable bonds is 5. The highest BCUT2D eigenvalue weighted by atomic mass is 16.5. The summed E-state index contributed by atoms with van der Waals surface area (Å²) in [6, 6.07) is 8.32. The maximum absolute atomic E-state index is 12.1. The Morgan fingerprint density at radius 1 is 1.22 bits per heavy atom. The molecule has 3 rings (SSSR count). The number of carboxylic acid groups (broad SMARTS) is 1. The number of nitrogens with one attached hydrogen (secondary N) is 1. The van der Waals surface area contributed by atoms with Crippen molar-refractivity contribution >= 4 is 17.6 Å². The molecule has 0 unspecified atom stereocenters. The van der Waals surface area contributed by atoms with E-state index in [9.17, 15) is 9.59 Å². The van der Waals surface area contributed by atoms with E-state index in [1.54, 1.807) is 18.2 Å². The van der Waals surface area contributed by atoms with Crippen molar-refractivity contribution in [3.05, 3.63) is 47.9 Å². The molecule has 1 saturated carbocycles. The van der Waals surface area contributed by atoms with Crippen LogP contribution in [-0.2, 0) is 0 Å². The van der Waals surface area contributed by atoms with Gasteiger partial charge in [-0.2, -0.15) is 0 Å². The molecule has 0 bridgehead atoms. The molecule has 1 aromatic carbocycles. The number of carbonyl (C=O) groups excluding carboxylic acids is 1. The highest BCUT2D eigenvalue weighted by Crippen LogP contribution is 2.26. The lowest BCUT2D eigenvalue weighted by Gasteiger charge is -2.13. The predicted octanol–water partition coefficient (Wildman–Crippen LogP) is 3.55. The molecule has 120 valence electrons. The normalized spacial score (nSPS) is 14.6. The van der Waals surface area contributed by atoms with Crippen molar-refractivity contribution in [3.63, 3.8) is 0 Å². The number of carbonyl (C=O) groups is 2. The Morgan fingerprint density at radius 3 is 2.70 bits per heavy atom. The summed E-state index contributed by atoms with van der Waals surface area (Å²) in [5.74, 6) is -0.986. The van der Waals surface area contributed by atoms with Crippen LogP contribution >= 0.6 is 0 Å². The first-order chi connectivity index (χ1) is 11.1. The molecule has 1 aliphatic carbocycles. The Bertz CT molecular complexity index is 715. The number of anilines is 1. The van der Waals surface area contributed by atoms with E-state index in [1.807, 2.05) is 6.07 Å². The van der Waals surface area contributed by atoms with E-state index in [0.717, 1.165) is 19.1 Å². The average molecular weight is 315 g/mol. The molecular weight excluding hydrogens is 298 g/mol. The first-order valence-electron chi connectivity index (χ1n) is 7.52. The van der Waals surface area contributed by atoms with Gasteiger partial charge in [0.1, 0.15) is 12.0 Å². The zero-order valence-electron chi connectivity index (χ0n) is 12.5. The van der Waals surface area contributed by atoms with Gasteiger partial charge in [0, 0.05) is 17.8 Å². The zero-order valence-corrected chi connectivity index (χ0v) is 12.5. The average Bonchev–Trinajstić information content (AvgIpc) is 3.18. The maximum atomic E-state index is 12.1. The van der Waals surface area contributed by atoms with Crippen LogP contribution in [-0.4, -0.2) is 23.1 Å². The van der Waals surface area contributed by atoms with Gasteiger partial charge in [0.15, 0.2) is 5.76 Å². The second-order valence-corrected chi connectivity index (χ2v) is 5.51. The highest BCUT2D eigenvalue weighted by Gasteiger charge is 2.17. The molecule has 1 amide bonds. The molecule has 1 heterocycles. The number of furan rings is 1. The lowest BCUT2D eigenvalue weighted by Crippen LogP contribution is -2.13. The van der Waals surface area contributed by atoms with E-state index in [2.05, 4.69) is 5.32 Å². The van der Waals surface area contributed by atoms with Crippen molar-refractivity contribution in [1.29, 1.82) is 0 Å². The molecule has 0 saturated heterocycles. The fraction of sp³-hybridized carbons (Fsp3) is 0.294. The van der Waals surface area contributed by atoms with Gasteiger partial charge in [-0.15, -0.1) is 0 Å². The van der Waals surface area contributed by atoms with E-state index in [-0.39, 0.29) is 17.4 Å². The summed E-state index contributed by atoms with van der Waals surface area (Å²) in [5.41, 5.74) is 0.507. The molecule has 2 aromatic rings. The first kappa shape index (κ1) is 15.1. The zero-order chi connectivity index (χ0) is 16.2. The van der Waals surface area contributed by atoms with E-state index < -0.39 is 11.9 Å². The Hall–Kier alpha value is -2.76. The summed E-state index contributed by atoms with van der Waals surface area (Å²) in [4.78, 5) is 22.9. The quantitative estimate of drug-likeness (QED) is 0.880. The molecule has 0 radical (unpaired) electrons. The number of ether oxygens (including phenoxy) is 1. The van der Waals surface area contributed by atoms with Gasteiger partial charge in [-0.1, -0.05) is 6.07 Å². The maximum Gasteiger partial charge on any atom is 0.338 e. The number of carboxylic acids is 1. The van der Waals surface area contributed by atoms with Gasteiger partial charge < -0.3 is 19.6 Å². The van der Waals surface area contributed by atoms with Crippen LogP contribution in [0.4, 0.5) is 5.69 Å². The molecule has 6 nitrogen and oxygen atoms in total. The van der Waals surface area contributed by atoms with E-state index in [0.29, 0.717) is 11.4 Å². The summed E-state index contributed by atoms with van der Waals surface area (Å²) in [6.45, 7) is 0. The third-order valence-corrected chi connectivity index (χ3v) is 3.77. The molecule has 0 aliphatic heterocycles. The minimum atomic E-state index is -1.14. The van der Waals surface area contributed by atoms with Crippen molar-refractivity contribution in [3.8, 4) is 5.75 Å². The van der Waals surface area contributed by atoms with Crippen molar-refractivity contribution in [2.24, 2.45) is 0 Å². The van der Waals surface area contributed by atoms with Crippen LogP contribution < -0.4 is 10.1 Å². The Labute approximate surface area is 133 Å². The van der Waals surface area contributed by atoms with Crippen LogP contribution in [0.25, 0.3) is 0 Å². The van der Waals surface area contributed by atoms with Crippen LogP contribution in [0.5, 0.6) is 5.75 Å². The molecule has 0 atom stereocenters. The third kappa shape index (κ3) is 3.71. The van der Waals surface area contributed by atoms with Gasteiger partial charge in [0.05, 0.1) is 11.7 Å². The summed E-state index contributed by atoms with van der Waals surface area (Å²) < 4.78 is 10.9. The van der Waals surface area contributed by atoms with Gasteiger partial charge in [0.2, 0.25) is 0 Å². The monoisotopic (exact) mass is 315 g/mol. The molecular formula is C17H17NO5. The van der Waals surface area contributed by atoms with E-state index in [1.165, 1.54) is 18.9 Å². The number of hydrogen-bond donors (Lipinski definition) is 2. The molecule has 0 spiro atoms. The van der Waals surface area contributed by atoms with Gasteiger partial charge in [-0.3, -0.25) is 4.79 Å². The van der Waals surface area contributed by atoms with Crippen LogP contribution in [0.2, 0.25) is 0 Å². The third-order valence-electron chi connectivity index (χ3n) is 3.77. The highest BCUT2D eigenvalue weighted by molar-refractivity contribution is 6.03. The van der Waals surface area contributed by atoms with Gasteiger partial charge in [-0.05, 0) is 37.8 Å². The molecule has 1 aliphatic rings. The molecule has 2 N–H and O–H groups in total. The van der Waals surface area contributed by atoms with Gasteiger partial charge in [0.25, 0.3) is 5.91 Å². The minimum absolute atomic E-state index is 0.0514. The molecule has 23 heavy (non-hydrogen) atoms. The number of amides is 1. The van der Waals surface area contributed by atoms with E-state index >= 15 is 0 Å². The van der Waals surface area contributed by atoms with Crippen molar-refractivity contribution in [2.45, 2.75) is 31.8 Å². The SMILES string of the molecule is O=C(O)c1coc(C(=O)Nc2cccc(OC3CCCC3)c2)c1. The van der Waals surface area contributed by atoms with E-state index in [4.69, 9.17) is 14.3 Å². The van der Waals surface area contributed by atoms with Crippen LogP contribution in [0.15, 0.2) is 41.0 Å². The van der Waals surface area contributed by atoms with Crippen molar-refractivity contribution < 1.29 is 23.8 Å². The van der Waals surface area contributed by atoms with Crippen LogP contribution in [0, 0.1) is 0 Å². The number of benzene rings is 1. The van der Waals surface area contributed by atoms with Gasteiger partial charge in [-0.25, -0.2) is 4.79 Å². The van der Waals surface area contributed by atoms with Crippen LogP contribution in [0.3, 0.4) is 0 Å². The largest absolute Gasteiger partial charge is 0.490 e. The summed E-state index contributed by atoms with van der Waals surface area (Å²) in [5, 5.41) is 11.5. The second kappa shape index (κ2) is 6.56. The Balaban J connectivity index is 1.66. The number of hydrogen-bond acceptors (Lipinski definition) is 4. The van der Waals surface area contributed by atoms with Gasteiger partial charge >= 0.3 is 5.97 Å². The first-order valence-corrected chi connectivity index (χ1v) is 7.52. The van der Waals surface area contributed by atoms with Crippen molar-refractivity contribution in [2.75, 3.05) is 5.32 Å². The Morgan fingerprint density at radius 2 is 2.00 bits per heavy atom. The second-order valence-electron chi connectivity index (χ2n) is 5.51. The molecule has 1 aromatic heterocycles. The fourth-order valence-electron chi connectivity index (χ4n) is 2.61. The Kier molecular flexibility index (Phi) is 4.32. The standard InChI is InChI=1S/C17H17NO5/c19-16(15-8-11(10-22-15)17(20)21)18-12-4-3-7-14(9-12)23-13-5-1-2-6-13/h3-4,7-10,13H,1-2,5-6H2,(H,18,19)(H,20,21). The summed E-state index contributed by atoms with van der Waals surface area (Å²) in [6.07, 6.45) is 5.76. The lowest BCUT2D eigenvalue weighted by molar-refractivity contribution is 0.0696. The summed E-state index contributed by atoms with van der Waals surface area (Å²) in [7, 11) is 0. The smallest absolute Gasteiger partial charge is 0.338 e. The number of aromatic carboxylic acids is 1. The predicted molar refractivity (Wildman–Crippen MR) is 82.9 cm³/mol. The lowest BCUT2D eigenvalue weighted by atomic mass is 10.2.